The van der Waals surface area contributed by atoms with Crippen molar-refractivity contribution >= 4 is 7.26 Å². The molecule has 0 amide bonds. The summed E-state index contributed by atoms with van der Waals surface area (Å²) < 4.78 is 0. The molecule has 0 saturated heterocycles. The molecule has 0 aliphatic rings. The minimum absolute atomic E-state index is 0.606. The van der Waals surface area contributed by atoms with E-state index in [1.165, 1.54) is 6.42 Å². The van der Waals surface area contributed by atoms with Crippen LogP contribution in [0.3, 0.4) is 0 Å². The highest BCUT2D eigenvalue weighted by molar-refractivity contribution is 7.75. The summed E-state index contributed by atoms with van der Waals surface area (Å²) in [7, 11) is -0.606. The number of hydrogen-bond acceptors (Lipinski definition) is 0. The summed E-state index contributed by atoms with van der Waals surface area (Å²) in [6.45, 7) is 14.4. The van der Waals surface area contributed by atoms with Crippen LogP contribution in [-0.4, -0.2) is 24.6 Å². The van der Waals surface area contributed by atoms with Gasteiger partial charge >= 0.3 is 0 Å². The number of hydrogen-bond donors (Lipinski definition) is 0. The molecule has 0 aromatic heterocycles. The van der Waals surface area contributed by atoms with E-state index in [1.54, 1.807) is 0 Å². The van der Waals surface area contributed by atoms with Crippen LogP contribution < -0.4 is 0 Å². The summed E-state index contributed by atoms with van der Waals surface area (Å²) in [4.78, 5) is 0. The van der Waals surface area contributed by atoms with E-state index in [0.29, 0.717) is 0 Å². The highest BCUT2D eigenvalue weighted by atomic mass is 31.2. The molecule has 10 heavy (non-hydrogen) atoms. The van der Waals surface area contributed by atoms with Crippen LogP contribution in [0.25, 0.3) is 0 Å². The summed E-state index contributed by atoms with van der Waals surface area (Å²) in [6.07, 6.45) is 1.35. The Bertz CT molecular complexity index is 94.9. The second kappa shape index (κ2) is 3.72. The first-order valence-corrected chi connectivity index (χ1v) is 7.08. The van der Waals surface area contributed by atoms with E-state index in [1.807, 2.05) is 0 Å². The molecule has 0 rings (SSSR count). The van der Waals surface area contributed by atoms with Crippen molar-refractivity contribution in [3.05, 3.63) is 0 Å². The molecular formula is C9H22P+. The second-order valence-electron chi connectivity index (χ2n) is 3.98. The van der Waals surface area contributed by atoms with E-state index in [2.05, 4.69) is 41.0 Å². The van der Waals surface area contributed by atoms with Crippen molar-refractivity contribution in [2.24, 2.45) is 0 Å². The lowest BCUT2D eigenvalue weighted by molar-refractivity contribution is 0.863. The van der Waals surface area contributed by atoms with Gasteiger partial charge < -0.3 is 0 Å². The maximum atomic E-state index is 2.48. The Morgan fingerprint density at radius 2 is 1.50 bits per heavy atom. The van der Waals surface area contributed by atoms with Crippen LogP contribution in [0.2, 0.25) is 0 Å². The minimum Gasteiger partial charge on any atom is -0.0617 e. The fraction of sp³-hybridized carbons (Fsp3) is 1.00. The molecule has 0 spiro atoms. The van der Waals surface area contributed by atoms with Gasteiger partial charge in [-0.2, -0.15) is 0 Å². The van der Waals surface area contributed by atoms with Crippen LogP contribution in [0.5, 0.6) is 0 Å². The molecule has 0 nitrogen and oxygen atoms in total. The molecule has 0 N–H and O–H groups in total. The van der Waals surface area contributed by atoms with Crippen molar-refractivity contribution in [3.63, 3.8) is 0 Å². The highest BCUT2D eigenvalue weighted by Crippen LogP contribution is 2.60. The Balaban J connectivity index is 4.09. The van der Waals surface area contributed by atoms with Crippen molar-refractivity contribution in [1.82, 2.24) is 0 Å². The largest absolute Gasteiger partial charge is 0.0664 e. The normalized spacial score (nSPS) is 15.9. The van der Waals surface area contributed by atoms with Crippen molar-refractivity contribution in [2.45, 2.75) is 45.4 Å². The lowest BCUT2D eigenvalue weighted by atomic mass is 10.4. The van der Waals surface area contributed by atoms with Crippen LogP contribution in [0.15, 0.2) is 0 Å². The van der Waals surface area contributed by atoms with Gasteiger partial charge in [-0.25, -0.2) is 0 Å². The molecule has 0 bridgehead atoms. The molecule has 0 heterocycles. The van der Waals surface area contributed by atoms with Gasteiger partial charge in [0, 0.05) is 20.6 Å². The van der Waals surface area contributed by atoms with Crippen LogP contribution >= 0.6 is 7.26 Å². The van der Waals surface area contributed by atoms with Gasteiger partial charge in [-0.3, -0.25) is 0 Å². The van der Waals surface area contributed by atoms with Crippen LogP contribution in [0.1, 0.15) is 34.1 Å². The fourth-order valence-electron chi connectivity index (χ4n) is 0.980. The van der Waals surface area contributed by atoms with E-state index < -0.39 is 7.26 Å². The Morgan fingerprint density at radius 1 is 1.10 bits per heavy atom. The Morgan fingerprint density at radius 3 is 1.60 bits per heavy atom. The van der Waals surface area contributed by atoms with Crippen molar-refractivity contribution in [2.75, 3.05) is 13.3 Å². The van der Waals surface area contributed by atoms with E-state index in [-0.39, 0.29) is 0 Å². The highest BCUT2D eigenvalue weighted by Gasteiger charge is 2.34. The summed E-state index contributed by atoms with van der Waals surface area (Å²) in [5.74, 6) is 0. The first kappa shape index (κ1) is 10.4. The third-order valence-electron chi connectivity index (χ3n) is 3.06. The first-order valence-electron chi connectivity index (χ1n) is 4.26. The van der Waals surface area contributed by atoms with Gasteiger partial charge in [-0.15, -0.1) is 0 Å². The topological polar surface area (TPSA) is 0 Å². The van der Waals surface area contributed by atoms with Crippen molar-refractivity contribution in [3.8, 4) is 0 Å². The average molecular weight is 161 g/mol. The van der Waals surface area contributed by atoms with E-state index in [9.17, 15) is 0 Å². The van der Waals surface area contributed by atoms with E-state index >= 15 is 0 Å². The predicted octanol–water partition coefficient (Wildman–Crippen LogP) is 3.47. The SMILES string of the molecule is CCC(C)[P+](C)(C)C(C)C. The number of rotatable bonds is 3. The Labute approximate surface area is 66.7 Å². The van der Waals surface area contributed by atoms with Crippen LogP contribution in [0.4, 0.5) is 0 Å². The summed E-state index contributed by atoms with van der Waals surface area (Å²) >= 11 is 0. The second-order valence-corrected chi connectivity index (χ2v) is 9.15. The van der Waals surface area contributed by atoms with E-state index in [4.69, 9.17) is 0 Å². The molecule has 0 radical (unpaired) electrons. The summed E-state index contributed by atoms with van der Waals surface area (Å²) in [5.41, 5.74) is 1.86. The van der Waals surface area contributed by atoms with Gasteiger partial charge in [0.2, 0.25) is 0 Å². The standard InChI is InChI=1S/C9H22P/c1-7-9(4)10(5,6)8(2)3/h8-9H,7H2,1-6H3/q+1. The fourth-order valence-corrected chi connectivity index (χ4v) is 2.94. The molecule has 62 valence electrons. The van der Waals surface area contributed by atoms with Gasteiger partial charge in [0.1, 0.15) is 0 Å². The first-order chi connectivity index (χ1) is 4.42. The maximum absolute atomic E-state index is 2.48. The van der Waals surface area contributed by atoms with Crippen molar-refractivity contribution < 1.29 is 0 Å². The lowest BCUT2D eigenvalue weighted by Gasteiger charge is -2.28. The van der Waals surface area contributed by atoms with Gasteiger partial charge in [-0.05, 0) is 27.2 Å². The molecule has 0 saturated carbocycles. The molecule has 0 aromatic carbocycles. The Hall–Kier alpha value is 0.430. The molecule has 0 aliphatic carbocycles. The zero-order valence-corrected chi connectivity index (χ0v) is 9.20. The summed E-state index contributed by atoms with van der Waals surface area (Å²) in [6, 6.07) is 0. The molecule has 0 aromatic rings. The summed E-state index contributed by atoms with van der Waals surface area (Å²) in [5, 5.41) is 0. The molecule has 0 fully saturated rings. The van der Waals surface area contributed by atoms with Crippen LogP contribution in [0, 0.1) is 0 Å². The smallest absolute Gasteiger partial charge is 0.0617 e. The molecule has 0 aliphatic heterocycles. The van der Waals surface area contributed by atoms with Crippen LogP contribution in [-0.2, 0) is 0 Å². The quantitative estimate of drug-likeness (QED) is 0.556. The van der Waals surface area contributed by atoms with Gasteiger partial charge in [0.15, 0.2) is 0 Å². The van der Waals surface area contributed by atoms with E-state index in [0.717, 1.165) is 11.3 Å². The van der Waals surface area contributed by atoms with Gasteiger partial charge in [0.25, 0.3) is 0 Å². The van der Waals surface area contributed by atoms with Crippen molar-refractivity contribution in [1.29, 1.82) is 0 Å². The third kappa shape index (κ3) is 2.23. The van der Waals surface area contributed by atoms with Gasteiger partial charge in [-0.1, -0.05) is 6.92 Å². The predicted molar refractivity (Wildman–Crippen MR) is 53.7 cm³/mol. The maximum Gasteiger partial charge on any atom is 0.0664 e. The lowest BCUT2D eigenvalue weighted by Crippen LogP contribution is -2.14. The zero-order chi connectivity index (χ0) is 8.36. The molecule has 1 heteroatoms. The third-order valence-corrected chi connectivity index (χ3v) is 8.36. The van der Waals surface area contributed by atoms with Gasteiger partial charge in [0.05, 0.1) is 11.3 Å². The Kier molecular flexibility index (Phi) is 3.88. The average Bonchev–Trinajstić information content (AvgIpc) is 1.86. The molecule has 1 unspecified atom stereocenters. The zero-order valence-electron chi connectivity index (χ0n) is 8.31. The molecule has 1 atom stereocenters. The molecular weight excluding hydrogens is 139 g/mol. The monoisotopic (exact) mass is 161 g/mol. The minimum atomic E-state index is -0.606.